The number of halogens is 1. The van der Waals surface area contributed by atoms with Crippen molar-refractivity contribution in [2.75, 3.05) is 6.54 Å². The van der Waals surface area contributed by atoms with Gasteiger partial charge in [-0.3, -0.25) is 14.9 Å². The minimum atomic E-state index is -0.0848. The van der Waals surface area contributed by atoms with Crippen molar-refractivity contribution < 1.29 is 4.79 Å². The van der Waals surface area contributed by atoms with Crippen LogP contribution in [-0.4, -0.2) is 27.6 Å². The van der Waals surface area contributed by atoms with Crippen LogP contribution < -0.4 is 5.32 Å². The van der Waals surface area contributed by atoms with Crippen LogP contribution in [0.5, 0.6) is 0 Å². The molecule has 0 spiro atoms. The number of aryl methyl sites for hydroxylation is 1. The average Bonchev–Trinajstić information content (AvgIpc) is 3.10. The summed E-state index contributed by atoms with van der Waals surface area (Å²) in [4.78, 5) is 16.9. The number of pyridine rings is 1. The van der Waals surface area contributed by atoms with E-state index >= 15 is 0 Å². The van der Waals surface area contributed by atoms with Crippen LogP contribution in [-0.2, 0) is 6.42 Å². The molecule has 29 heavy (non-hydrogen) atoms. The SMILES string of the molecule is CCNC(=O)c1ccc(C)c(-c2cc3n[nH]c(Cc4cccc(Cl)c4)c3cn2)c1. The first-order valence-corrected chi connectivity index (χ1v) is 9.89. The third kappa shape index (κ3) is 4.00. The summed E-state index contributed by atoms with van der Waals surface area (Å²) in [5.74, 6) is -0.0848. The zero-order chi connectivity index (χ0) is 20.4. The van der Waals surface area contributed by atoms with Crippen LogP contribution in [0.25, 0.3) is 22.2 Å². The summed E-state index contributed by atoms with van der Waals surface area (Å²) in [6, 6.07) is 15.4. The quantitative estimate of drug-likeness (QED) is 0.495. The highest BCUT2D eigenvalue weighted by molar-refractivity contribution is 6.30. The molecule has 2 aromatic carbocycles. The fourth-order valence-corrected chi connectivity index (χ4v) is 3.61. The maximum Gasteiger partial charge on any atom is 0.251 e. The Kier molecular flexibility index (Phi) is 5.32. The first kappa shape index (κ1) is 19.2. The van der Waals surface area contributed by atoms with E-state index < -0.39 is 0 Å². The number of nitrogens with one attached hydrogen (secondary N) is 2. The first-order valence-electron chi connectivity index (χ1n) is 9.52. The highest BCUT2D eigenvalue weighted by Crippen LogP contribution is 2.27. The first-order chi connectivity index (χ1) is 14.0. The van der Waals surface area contributed by atoms with Crippen LogP contribution >= 0.6 is 11.6 Å². The Labute approximate surface area is 174 Å². The van der Waals surface area contributed by atoms with Crippen molar-refractivity contribution in [1.82, 2.24) is 20.5 Å². The number of carbonyl (C=O) groups is 1. The van der Waals surface area contributed by atoms with E-state index in [1.165, 1.54) is 0 Å². The molecule has 2 heterocycles. The van der Waals surface area contributed by atoms with Crippen molar-refractivity contribution in [3.05, 3.63) is 82.1 Å². The molecular formula is C23H21ClN4O. The van der Waals surface area contributed by atoms with Crippen molar-refractivity contribution in [2.45, 2.75) is 20.3 Å². The number of benzene rings is 2. The van der Waals surface area contributed by atoms with Gasteiger partial charge in [0.2, 0.25) is 0 Å². The van der Waals surface area contributed by atoms with Crippen molar-refractivity contribution in [2.24, 2.45) is 0 Å². The number of aromatic nitrogens is 3. The number of hydrogen-bond acceptors (Lipinski definition) is 3. The molecule has 0 fully saturated rings. The van der Waals surface area contributed by atoms with Gasteiger partial charge in [-0.1, -0.05) is 29.8 Å². The van der Waals surface area contributed by atoms with Gasteiger partial charge < -0.3 is 5.32 Å². The monoisotopic (exact) mass is 404 g/mol. The number of nitrogens with zero attached hydrogens (tertiary/aromatic N) is 2. The Bertz CT molecular complexity index is 1200. The molecule has 0 saturated carbocycles. The van der Waals surface area contributed by atoms with Gasteiger partial charge in [0.25, 0.3) is 5.91 Å². The maximum absolute atomic E-state index is 12.2. The van der Waals surface area contributed by atoms with Gasteiger partial charge in [0, 0.05) is 46.4 Å². The highest BCUT2D eigenvalue weighted by Gasteiger charge is 2.13. The maximum atomic E-state index is 12.2. The Hall–Kier alpha value is -3.18. The lowest BCUT2D eigenvalue weighted by Gasteiger charge is -2.09. The fourth-order valence-electron chi connectivity index (χ4n) is 3.39. The third-order valence-corrected chi connectivity index (χ3v) is 5.14. The molecule has 1 amide bonds. The molecule has 0 bridgehead atoms. The number of amides is 1. The van der Waals surface area contributed by atoms with Gasteiger partial charge in [0.05, 0.1) is 11.2 Å². The summed E-state index contributed by atoms with van der Waals surface area (Å²) in [6.07, 6.45) is 2.54. The number of rotatable bonds is 5. The Morgan fingerprint density at radius 3 is 2.83 bits per heavy atom. The molecule has 0 unspecified atom stereocenters. The smallest absolute Gasteiger partial charge is 0.251 e. The van der Waals surface area contributed by atoms with E-state index in [4.69, 9.17) is 11.6 Å². The standard InChI is InChI=1S/C23H21ClN4O/c1-3-25-23(29)16-8-7-14(2)18(11-16)20-12-22-19(13-26-20)21(27-28-22)10-15-5-4-6-17(24)9-15/h4-9,11-13H,3,10H2,1-2H3,(H,25,29)(H,27,28). The second-order valence-electron chi connectivity index (χ2n) is 6.98. The molecule has 4 aromatic rings. The van der Waals surface area contributed by atoms with Gasteiger partial charge in [-0.15, -0.1) is 0 Å². The molecule has 4 rings (SSSR count). The summed E-state index contributed by atoms with van der Waals surface area (Å²) < 4.78 is 0. The lowest BCUT2D eigenvalue weighted by atomic mass is 10.0. The molecular weight excluding hydrogens is 384 g/mol. The van der Waals surface area contributed by atoms with Gasteiger partial charge >= 0.3 is 0 Å². The van der Waals surface area contributed by atoms with Gasteiger partial charge in [0.15, 0.2) is 0 Å². The number of aromatic amines is 1. The van der Waals surface area contributed by atoms with Crippen LogP contribution in [0.15, 0.2) is 54.7 Å². The molecule has 0 aliphatic rings. The van der Waals surface area contributed by atoms with Crippen LogP contribution in [0.4, 0.5) is 0 Å². The highest BCUT2D eigenvalue weighted by atomic mass is 35.5. The number of H-pyrrole nitrogens is 1. The van der Waals surface area contributed by atoms with Crippen molar-refractivity contribution in [1.29, 1.82) is 0 Å². The average molecular weight is 405 g/mol. The van der Waals surface area contributed by atoms with Crippen molar-refractivity contribution >= 4 is 28.4 Å². The van der Waals surface area contributed by atoms with Crippen LogP contribution in [0.3, 0.4) is 0 Å². The zero-order valence-electron chi connectivity index (χ0n) is 16.3. The van der Waals surface area contributed by atoms with Crippen LogP contribution in [0, 0.1) is 6.92 Å². The molecule has 0 aliphatic heterocycles. The predicted octanol–water partition coefficient (Wildman–Crippen LogP) is 4.93. The van der Waals surface area contributed by atoms with Gasteiger partial charge in [0.1, 0.15) is 0 Å². The lowest BCUT2D eigenvalue weighted by Crippen LogP contribution is -2.22. The minimum absolute atomic E-state index is 0.0848. The molecule has 0 aliphatic carbocycles. The van der Waals surface area contributed by atoms with Crippen LogP contribution in [0.1, 0.15) is 34.1 Å². The summed E-state index contributed by atoms with van der Waals surface area (Å²) in [6.45, 7) is 4.51. The summed E-state index contributed by atoms with van der Waals surface area (Å²) in [5, 5.41) is 12.1. The molecule has 0 atom stereocenters. The molecule has 5 nitrogen and oxygen atoms in total. The molecule has 2 aromatic heterocycles. The topological polar surface area (TPSA) is 70.7 Å². The van der Waals surface area contributed by atoms with E-state index in [-0.39, 0.29) is 5.91 Å². The second-order valence-corrected chi connectivity index (χ2v) is 7.42. The summed E-state index contributed by atoms with van der Waals surface area (Å²) >= 11 is 6.09. The largest absolute Gasteiger partial charge is 0.352 e. The zero-order valence-corrected chi connectivity index (χ0v) is 17.0. The third-order valence-electron chi connectivity index (χ3n) is 4.90. The Morgan fingerprint density at radius 2 is 2.03 bits per heavy atom. The molecule has 0 saturated heterocycles. The van der Waals surface area contributed by atoms with Crippen molar-refractivity contribution in [3.8, 4) is 11.3 Å². The number of carbonyl (C=O) groups excluding carboxylic acids is 1. The van der Waals surface area contributed by atoms with Crippen LogP contribution in [0.2, 0.25) is 5.02 Å². The van der Waals surface area contributed by atoms with Crippen molar-refractivity contribution in [3.63, 3.8) is 0 Å². The molecule has 0 radical (unpaired) electrons. The normalized spacial score (nSPS) is 11.0. The van der Waals surface area contributed by atoms with E-state index in [0.29, 0.717) is 23.6 Å². The second kappa shape index (κ2) is 8.05. The van der Waals surface area contributed by atoms with E-state index in [1.54, 1.807) is 0 Å². The number of fused-ring (bicyclic) bond motifs is 1. The minimum Gasteiger partial charge on any atom is -0.352 e. The summed E-state index contributed by atoms with van der Waals surface area (Å²) in [5.41, 5.74) is 6.34. The van der Waals surface area contributed by atoms with Gasteiger partial charge in [-0.2, -0.15) is 5.10 Å². The Balaban J connectivity index is 1.68. The Morgan fingerprint density at radius 1 is 1.17 bits per heavy atom. The molecule has 2 N–H and O–H groups in total. The van der Waals surface area contributed by atoms with E-state index in [2.05, 4.69) is 20.5 Å². The van der Waals surface area contributed by atoms with E-state index in [0.717, 1.165) is 39.0 Å². The van der Waals surface area contributed by atoms with E-state index in [9.17, 15) is 4.79 Å². The number of hydrogen-bond donors (Lipinski definition) is 2. The lowest BCUT2D eigenvalue weighted by molar-refractivity contribution is 0.0956. The van der Waals surface area contributed by atoms with Gasteiger partial charge in [-0.05, 0) is 55.3 Å². The predicted molar refractivity (Wildman–Crippen MR) is 116 cm³/mol. The molecule has 146 valence electrons. The van der Waals surface area contributed by atoms with Gasteiger partial charge in [-0.25, -0.2) is 0 Å². The molecule has 6 heteroatoms. The van der Waals surface area contributed by atoms with E-state index in [1.807, 2.05) is 68.6 Å². The summed E-state index contributed by atoms with van der Waals surface area (Å²) in [7, 11) is 0. The fraction of sp³-hybridized carbons (Fsp3) is 0.174.